The van der Waals surface area contributed by atoms with Crippen molar-refractivity contribution in [1.82, 2.24) is 0 Å². The van der Waals surface area contributed by atoms with Crippen molar-refractivity contribution in [2.45, 2.75) is 5.75 Å². The average Bonchev–Trinajstić information content (AvgIpc) is 2.87. The molecule has 1 aliphatic heterocycles. The number of rotatable bonds is 2. The van der Waals surface area contributed by atoms with Gasteiger partial charge in [0.05, 0.1) is 22.8 Å². The van der Waals surface area contributed by atoms with Crippen molar-refractivity contribution in [3.8, 4) is 0 Å². The number of nitrogens with one attached hydrogen (secondary N) is 3. The molecule has 0 fully saturated rings. The molecule has 2 aromatic rings. The van der Waals surface area contributed by atoms with Crippen LogP contribution in [0, 0.1) is 0 Å². The summed E-state index contributed by atoms with van der Waals surface area (Å²) in [6.45, 7) is 0. The summed E-state index contributed by atoms with van der Waals surface area (Å²) in [5.74, 6) is 0.329. The van der Waals surface area contributed by atoms with Gasteiger partial charge in [-0.05, 0) is 40.2 Å². The van der Waals surface area contributed by atoms with E-state index in [0.29, 0.717) is 27.8 Å². The second-order valence-corrected chi connectivity index (χ2v) is 7.04. The molecule has 1 aliphatic rings. The van der Waals surface area contributed by atoms with Crippen LogP contribution in [0.25, 0.3) is 0 Å². The molecule has 5 nitrogen and oxygen atoms in total. The van der Waals surface area contributed by atoms with E-state index >= 15 is 0 Å². The SMILES string of the molecule is O=C(Nc1ccccc1Br)Nc1ccc(Cl)c2c1NS(=O)C2. The largest absolute Gasteiger partial charge is 0.323 e. The summed E-state index contributed by atoms with van der Waals surface area (Å²) in [6.07, 6.45) is 0. The summed E-state index contributed by atoms with van der Waals surface area (Å²) in [4.78, 5) is 12.1. The minimum Gasteiger partial charge on any atom is -0.307 e. The van der Waals surface area contributed by atoms with Gasteiger partial charge < -0.3 is 15.4 Å². The first-order valence-corrected chi connectivity index (χ1v) is 8.82. The van der Waals surface area contributed by atoms with Crippen LogP contribution in [0.4, 0.5) is 21.9 Å². The number of anilines is 3. The Morgan fingerprint density at radius 3 is 2.68 bits per heavy atom. The molecule has 1 atom stereocenters. The molecule has 8 heteroatoms. The molecular formula is C14H11BrClN3O2S. The van der Waals surface area contributed by atoms with Gasteiger partial charge in [-0.15, -0.1) is 0 Å². The average molecular weight is 401 g/mol. The molecule has 22 heavy (non-hydrogen) atoms. The number of hydrogen-bond donors (Lipinski definition) is 3. The number of hydrogen-bond acceptors (Lipinski definition) is 2. The topological polar surface area (TPSA) is 70.2 Å². The maximum Gasteiger partial charge on any atom is 0.323 e. The minimum absolute atomic E-state index is 0.329. The summed E-state index contributed by atoms with van der Waals surface area (Å²) in [7, 11) is -1.21. The highest BCUT2D eigenvalue weighted by atomic mass is 79.9. The number of urea groups is 1. The summed E-state index contributed by atoms with van der Waals surface area (Å²) < 4.78 is 15.2. The Morgan fingerprint density at radius 2 is 1.91 bits per heavy atom. The molecule has 3 N–H and O–H groups in total. The van der Waals surface area contributed by atoms with E-state index in [0.717, 1.165) is 10.0 Å². The molecule has 1 unspecified atom stereocenters. The quantitative estimate of drug-likeness (QED) is 0.702. The van der Waals surface area contributed by atoms with Crippen LogP contribution in [0.5, 0.6) is 0 Å². The molecule has 0 saturated carbocycles. The third kappa shape index (κ3) is 3.11. The summed E-state index contributed by atoms with van der Waals surface area (Å²) in [5, 5.41) is 6.01. The predicted octanol–water partition coefficient (Wildman–Crippen LogP) is 4.34. The van der Waals surface area contributed by atoms with E-state index in [1.54, 1.807) is 18.2 Å². The maximum atomic E-state index is 12.1. The predicted molar refractivity (Wildman–Crippen MR) is 93.7 cm³/mol. The molecule has 114 valence electrons. The van der Waals surface area contributed by atoms with E-state index in [9.17, 15) is 9.00 Å². The third-order valence-corrected chi connectivity index (χ3v) is 5.15. The van der Waals surface area contributed by atoms with Gasteiger partial charge in [0.15, 0.2) is 0 Å². The van der Waals surface area contributed by atoms with Crippen LogP contribution in [-0.4, -0.2) is 10.2 Å². The molecule has 0 radical (unpaired) electrons. The third-order valence-electron chi connectivity index (χ3n) is 3.12. The normalized spacial score (nSPS) is 15.8. The number of fused-ring (bicyclic) bond motifs is 1. The van der Waals surface area contributed by atoms with Gasteiger partial charge in [0.2, 0.25) is 0 Å². The summed E-state index contributed by atoms with van der Waals surface area (Å²) in [6, 6.07) is 10.3. The van der Waals surface area contributed by atoms with Gasteiger partial charge in [-0.3, -0.25) is 0 Å². The van der Waals surface area contributed by atoms with Crippen molar-refractivity contribution < 1.29 is 9.00 Å². The van der Waals surface area contributed by atoms with Gasteiger partial charge >= 0.3 is 6.03 Å². The zero-order valence-electron chi connectivity index (χ0n) is 11.2. The van der Waals surface area contributed by atoms with Crippen molar-refractivity contribution in [3.63, 3.8) is 0 Å². The Labute approximate surface area is 143 Å². The lowest BCUT2D eigenvalue weighted by Crippen LogP contribution is -2.20. The van der Waals surface area contributed by atoms with Crippen LogP contribution < -0.4 is 15.4 Å². The lowest BCUT2D eigenvalue weighted by Gasteiger charge is -2.12. The highest BCUT2D eigenvalue weighted by Crippen LogP contribution is 2.37. The zero-order valence-corrected chi connectivity index (χ0v) is 14.3. The Hall–Kier alpha value is -1.57. The smallest absolute Gasteiger partial charge is 0.307 e. The van der Waals surface area contributed by atoms with Crippen LogP contribution >= 0.6 is 27.5 Å². The molecule has 0 aliphatic carbocycles. The fourth-order valence-corrected chi connectivity index (χ4v) is 3.89. The van der Waals surface area contributed by atoms with Gasteiger partial charge in [0.25, 0.3) is 0 Å². The second kappa shape index (κ2) is 6.28. The maximum absolute atomic E-state index is 12.1. The van der Waals surface area contributed by atoms with Crippen molar-refractivity contribution in [3.05, 3.63) is 51.5 Å². The number of para-hydroxylation sites is 1. The van der Waals surface area contributed by atoms with Crippen LogP contribution in [0.15, 0.2) is 40.9 Å². The lowest BCUT2D eigenvalue weighted by atomic mass is 10.1. The highest BCUT2D eigenvalue weighted by molar-refractivity contribution is 9.10. The van der Waals surface area contributed by atoms with E-state index < -0.39 is 17.0 Å². The molecule has 2 aromatic carbocycles. The van der Waals surface area contributed by atoms with E-state index in [1.807, 2.05) is 18.2 Å². The fraction of sp³-hybridized carbons (Fsp3) is 0.0714. The zero-order chi connectivity index (χ0) is 15.7. The van der Waals surface area contributed by atoms with Crippen LogP contribution in [0.2, 0.25) is 5.02 Å². The van der Waals surface area contributed by atoms with Crippen molar-refractivity contribution in [2.24, 2.45) is 0 Å². The van der Waals surface area contributed by atoms with Crippen LogP contribution in [0.3, 0.4) is 0 Å². The molecule has 0 spiro atoms. The van der Waals surface area contributed by atoms with E-state index in [-0.39, 0.29) is 0 Å². The van der Waals surface area contributed by atoms with Crippen molar-refractivity contribution in [1.29, 1.82) is 0 Å². The Bertz CT molecular complexity index is 785. The molecule has 1 heterocycles. The summed E-state index contributed by atoms with van der Waals surface area (Å²) >= 11 is 9.45. The number of halogens is 2. The Kier molecular flexibility index (Phi) is 4.37. The number of amides is 2. The molecule has 3 rings (SSSR count). The van der Waals surface area contributed by atoms with Gasteiger partial charge in [-0.2, -0.15) is 0 Å². The monoisotopic (exact) mass is 399 g/mol. The first-order valence-electron chi connectivity index (χ1n) is 6.33. The number of carbonyl (C=O) groups excluding carboxylic acids is 1. The number of carbonyl (C=O) groups is 1. The fourth-order valence-electron chi connectivity index (χ4n) is 2.10. The minimum atomic E-state index is -1.21. The Balaban J connectivity index is 1.80. The highest BCUT2D eigenvalue weighted by Gasteiger charge is 2.23. The second-order valence-electron chi connectivity index (χ2n) is 4.60. The van der Waals surface area contributed by atoms with E-state index in [1.165, 1.54) is 0 Å². The van der Waals surface area contributed by atoms with Crippen LogP contribution in [-0.2, 0) is 16.7 Å². The van der Waals surface area contributed by atoms with Gasteiger partial charge in [-0.25, -0.2) is 9.00 Å². The first-order chi connectivity index (χ1) is 10.5. The molecule has 2 amide bonds. The van der Waals surface area contributed by atoms with E-state index in [2.05, 4.69) is 31.3 Å². The van der Waals surface area contributed by atoms with Gasteiger partial charge in [0.1, 0.15) is 11.0 Å². The van der Waals surface area contributed by atoms with Crippen molar-refractivity contribution in [2.75, 3.05) is 15.4 Å². The first kappa shape index (κ1) is 15.3. The number of benzene rings is 2. The van der Waals surface area contributed by atoms with Gasteiger partial charge in [0, 0.05) is 15.1 Å². The summed E-state index contributed by atoms with van der Waals surface area (Å²) in [5.41, 5.74) is 2.55. The molecule has 0 aromatic heterocycles. The standard InChI is InChI=1S/C14H11BrClN3O2S/c15-9-3-1-2-4-11(9)17-14(20)18-12-6-5-10(16)8-7-22(21)19-13(8)12/h1-6,19H,7H2,(H2,17,18,20). The molecule has 0 bridgehead atoms. The Morgan fingerprint density at radius 1 is 1.18 bits per heavy atom. The van der Waals surface area contributed by atoms with Crippen LogP contribution in [0.1, 0.15) is 5.56 Å². The molecule has 0 saturated heterocycles. The van der Waals surface area contributed by atoms with Crippen molar-refractivity contribution >= 4 is 61.6 Å². The van der Waals surface area contributed by atoms with Gasteiger partial charge in [-0.1, -0.05) is 23.7 Å². The lowest BCUT2D eigenvalue weighted by molar-refractivity contribution is 0.262. The van der Waals surface area contributed by atoms with E-state index in [4.69, 9.17) is 11.6 Å². The molecular weight excluding hydrogens is 390 g/mol.